The second kappa shape index (κ2) is 8.12. The molecule has 1 fully saturated rings. The molecule has 0 spiro atoms. The number of amides is 1. The number of anilines is 1. The Kier molecular flexibility index (Phi) is 5.41. The van der Waals surface area contributed by atoms with E-state index in [1.807, 2.05) is 53.9 Å². The number of benzene rings is 1. The maximum Gasteiger partial charge on any atom is 0.275 e. The van der Waals surface area contributed by atoms with Gasteiger partial charge in [-0.3, -0.25) is 4.79 Å². The number of nitrogens with one attached hydrogen (secondary N) is 1. The third kappa shape index (κ3) is 4.08. The number of carbonyl (C=O) groups excluding carboxylic acids is 1. The van der Waals surface area contributed by atoms with Crippen molar-refractivity contribution < 1.29 is 9.90 Å². The molecular formula is C22H26N4O2. The Morgan fingerprint density at radius 1 is 1.18 bits per heavy atom. The SMILES string of the molecule is Cc1cccn2cc(C(=O)Nc3ccc([C@H](O)CN4CCCCC4)cc3)nc12. The minimum Gasteiger partial charge on any atom is -0.387 e. The number of rotatable bonds is 5. The van der Waals surface area contributed by atoms with E-state index in [1.165, 1.54) is 19.3 Å². The quantitative estimate of drug-likeness (QED) is 0.714. The van der Waals surface area contributed by atoms with Gasteiger partial charge in [-0.25, -0.2) is 4.98 Å². The highest BCUT2D eigenvalue weighted by Gasteiger charge is 2.16. The summed E-state index contributed by atoms with van der Waals surface area (Å²) in [6.07, 6.45) is 6.80. The van der Waals surface area contributed by atoms with Crippen molar-refractivity contribution in [2.24, 2.45) is 0 Å². The number of hydrogen-bond donors (Lipinski definition) is 2. The first kappa shape index (κ1) is 18.7. The number of likely N-dealkylation sites (tertiary alicyclic amines) is 1. The number of piperidine rings is 1. The Labute approximate surface area is 164 Å². The van der Waals surface area contributed by atoms with Crippen molar-refractivity contribution in [2.45, 2.75) is 32.3 Å². The molecule has 1 amide bonds. The zero-order valence-electron chi connectivity index (χ0n) is 16.1. The molecule has 1 atom stereocenters. The molecule has 28 heavy (non-hydrogen) atoms. The van der Waals surface area contributed by atoms with E-state index >= 15 is 0 Å². The third-order valence-electron chi connectivity index (χ3n) is 5.34. The average molecular weight is 378 g/mol. The van der Waals surface area contributed by atoms with E-state index in [0.717, 1.165) is 29.9 Å². The standard InChI is InChI=1S/C22H26N4O2/c1-16-6-5-13-26-14-19(24-21(16)26)22(28)23-18-9-7-17(8-10-18)20(27)15-25-11-3-2-4-12-25/h5-10,13-14,20,27H,2-4,11-12,15H2,1H3,(H,23,28)/t20-/m1/s1. The molecule has 0 bridgehead atoms. The van der Waals surface area contributed by atoms with Crippen LogP contribution in [0.25, 0.3) is 5.65 Å². The first-order valence-corrected chi connectivity index (χ1v) is 9.86. The Bertz CT molecular complexity index is 958. The van der Waals surface area contributed by atoms with Crippen LogP contribution in [-0.4, -0.2) is 44.9 Å². The fourth-order valence-corrected chi connectivity index (χ4v) is 3.74. The molecule has 1 aromatic carbocycles. The summed E-state index contributed by atoms with van der Waals surface area (Å²) in [6.45, 7) is 4.75. The molecule has 0 radical (unpaired) electrons. The summed E-state index contributed by atoms with van der Waals surface area (Å²) in [5.74, 6) is -0.246. The summed E-state index contributed by atoms with van der Waals surface area (Å²) in [5.41, 5.74) is 3.74. The average Bonchev–Trinajstić information content (AvgIpc) is 3.15. The summed E-state index contributed by atoms with van der Waals surface area (Å²) in [4.78, 5) is 19.3. The molecule has 3 heterocycles. The Morgan fingerprint density at radius 2 is 1.93 bits per heavy atom. The maximum absolute atomic E-state index is 12.5. The molecule has 146 valence electrons. The summed E-state index contributed by atoms with van der Waals surface area (Å²) >= 11 is 0. The molecule has 6 heteroatoms. The lowest BCUT2D eigenvalue weighted by Crippen LogP contribution is -2.33. The minimum atomic E-state index is -0.510. The van der Waals surface area contributed by atoms with E-state index in [-0.39, 0.29) is 5.91 Å². The van der Waals surface area contributed by atoms with Crippen LogP contribution in [0.2, 0.25) is 0 Å². The summed E-state index contributed by atoms with van der Waals surface area (Å²) < 4.78 is 1.85. The van der Waals surface area contributed by atoms with E-state index in [4.69, 9.17) is 0 Å². The van der Waals surface area contributed by atoms with Crippen LogP contribution in [0.3, 0.4) is 0 Å². The van der Waals surface area contributed by atoms with Crippen molar-refractivity contribution >= 4 is 17.2 Å². The van der Waals surface area contributed by atoms with Crippen molar-refractivity contribution in [3.8, 4) is 0 Å². The van der Waals surface area contributed by atoms with E-state index in [1.54, 1.807) is 6.20 Å². The molecule has 0 aliphatic carbocycles. The van der Waals surface area contributed by atoms with Gasteiger partial charge in [0.05, 0.1) is 6.10 Å². The number of aryl methyl sites for hydroxylation is 1. The van der Waals surface area contributed by atoms with Crippen molar-refractivity contribution in [3.63, 3.8) is 0 Å². The van der Waals surface area contributed by atoms with Crippen LogP contribution in [0.4, 0.5) is 5.69 Å². The number of β-amino-alcohol motifs (C(OH)–C–C–N with tert-alkyl or cyclic N) is 1. The second-order valence-corrected chi connectivity index (χ2v) is 7.50. The van der Waals surface area contributed by atoms with Gasteiger partial charge in [-0.1, -0.05) is 24.6 Å². The molecule has 0 unspecified atom stereocenters. The van der Waals surface area contributed by atoms with Crippen LogP contribution in [0, 0.1) is 6.92 Å². The largest absolute Gasteiger partial charge is 0.387 e. The monoisotopic (exact) mass is 378 g/mol. The number of aliphatic hydroxyl groups is 1. The number of aliphatic hydroxyl groups excluding tert-OH is 1. The van der Waals surface area contributed by atoms with Gasteiger partial charge in [-0.15, -0.1) is 0 Å². The highest BCUT2D eigenvalue weighted by Crippen LogP contribution is 2.20. The van der Waals surface area contributed by atoms with Gasteiger partial charge in [0.15, 0.2) is 0 Å². The predicted molar refractivity (Wildman–Crippen MR) is 110 cm³/mol. The van der Waals surface area contributed by atoms with E-state index < -0.39 is 6.10 Å². The Hall–Kier alpha value is -2.70. The molecule has 4 rings (SSSR count). The van der Waals surface area contributed by atoms with Crippen LogP contribution in [0.15, 0.2) is 48.8 Å². The maximum atomic E-state index is 12.5. The van der Waals surface area contributed by atoms with Crippen LogP contribution in [0.1, 0.15) is 47.0 Å². The number of nitrogens with zero attached hydrogens (tertiary/aromatic N) is 3. The number of imidazole rings is 1. The molecule has 1 aliphatic heterocycles. The Morgan fingerprint density at radius 3 is 2.64 bits per heavy atom. The van der Waals surface area contributed by atoms with Crippen LogP contribution in [0.5, 0.6) is 0 Å². The highest BCUT2D eigenvalue weighted by atomic mass is 16.3. The lowest BCUT2D eigenvalue weighted by atomic mass is 10.1. The zero-order valence-corrected chi connectivity index (χ0v) is 16.1. The number of carbonyl (C=O) groups is 1. The number of fused-ring (bicyclic) bond motifs is 1. The number of hydrogen-bond acceptors (Lipinski definition) is 4. The Balaban J connectivity index is 1.40. The molecule has 2 N–H and O–H groups in total. The number of pyridine rings is 1. The molecule has 1 saturated heterocycles. The fraction of sp³-hybridized carbons (Fsp3) is 0.364. The van der Waals surface area contributed by atoms with E-state index in [9.17, 15) is 9.90 Å². The van der Waals surface area contributed by atoms with Gasteiger partial charge in [0.2, 0.25) is 0 Å². The molecular weight excluding hydrogens is 352 g/mol. The highest BCUT2D eigenvalue weighted by molar-refractivity contribution is 6.03. The van der Waals surface area contributed by atoms with Gasteiger partial charge in [0.25, 0.3) is 5.91 Å². The molecule has 0 saturated carbocycles. The molecule has 2 aromatic heterocycles. The van der Waals surface area contributed by atoms with Crippen molar-refractivity contribution in [1.82, 2.24) is 14.3 Å². The zero-order chi connectivity index (χ0) is 19.5. The first-order chi connectivity index (χ1) is 13.6. The third-order valence-corrected chi connectivity index (χ3v) is 5.34. The molecule has 6 nitrogen and oxygen atoms in total. The van der Waals surface area contributed by atoms with Crippen molar-refractivity contribution in [1.29, 1.82) is 0 Å². The van der Waals surface area contributed by atoms with Crippen molar-refractivity contribution in [2.75, 3.05) is 25.0 Å². The van der Waals surface area contributed by atoms with E-state index in [0.29, 0.717) is 17.9 Å². The fourth-order valence-electron chi connectivity index (χ4n) is 3.74. The summed E-state index contributed by atoms with van der Waals surface area (Å²) in [7, 11) is 0. The minimum absolute atomic E-state index is 0.246. The molecule has 1 aliphatic rings. The topological polar surface area (TPSA) is 69.9 Å². The van der Waals surface area contributed by atoms with Gasteiger partial charge < -0.3 is 19.7 Å². The lowest BCUT2D eigenvalue weighted by Gasteiger charge is -2.28. The number of aromatic nitrogens is 2. The smallest absolute Gasteiger partial charge is 0.275 e. The van der Waals surface area contributed by atoms with Gasteiger partial charge in [-0.05, 0) is 62.2 Å². The second-order valence-electron chi connectivity index (χ2n) is 7.50. The normalized spacial score (nSPS) is 16.2. The van der Waals surface area contributed by atoms with Gasteiger partial charge in [-0.2, -0.15) is 0 Å². The van der Waals surface area contributed by atoms with E-state index in [2.05, 4.69) is 15.2 Å². The lowest BCUT2D eigenvalue weighted by molar-refractivity contribution is 0.101. The summed E-state index contributed by atoms with van der Waals surface area (Å²) in [6, 6.07) is 11.3. The van der Waals surface area contributed by atoms with Gasteiger partial charge in [0, 0.05) is 24.6 Å². The molecule has 3 aromatic rings. The van der Waals surface area contributed by atoms with Gasteiger partial charge in [0.1, 0.15) is 11.3 Å². The van der Waals surface area contributed by atoms with Gasteiger partial charge >= 0.3 is 0 Å². The van der Waals surface area contributed by atoms with Crippen molar-refractivity contribution in [3.05, 3.63) is 65.6 Å². The van der Waals surface area contributed by atoms with Crippen LogP contribution < -0.4 is 5.32 Å². The first-order valence-electron chi connectivity index (χ1n) is 9.86. The predicted octanol–water partition coefficient (Wildman–Crippen LogP) is 3.41. The van der Waals surface area contributed by atoms with Crippen LogP contribution >= 0.6 is 0 Å². The van der Waals surface area contributed by atoms with Crippen LogP contribution in [-0.2, 0) is 0 Å². The summed E-state index contributed by atoms with van der Waals surface area (Å²) in [5, 5.41) is 13.4.